The lowest BCUT2D eigenvalue weighted by Gasteiger charge is -2.00. The van der Waals surface area contributed by atoms with Crippen molar-refractivity contribution in [3.63, 3.8) is 0 Å². The van der Waals surface area contributed by atoms with Crippen LogP contribution in [0.3, 0.4) is 0 Å². The minimum atomic E-state index is 1.23. The highest BCUT2D eigenvalue weighted by molar-refractivity contribution is 5.83. The molecule has 2 aromatic rings. The summed E-state index contributed by atoms with van der Waals surface area (Å²) in [6, 6.07) is 2.16. The van der Waals surface area contributed by atoms with E-state index in [4.69, 9.17) is 0 Å². The van der Waals surface area contributed by atoms with Crippen LogP contribution >= 0.6 is 0 Å². The maximum Gasteiger partial charge on any atom is 0.0540 e. The molecule has 2 heterocycles. The van der Waals surface area contributed by atoms with Crippen molar-refractivity contribution >= 4 is 10.9 Å². The van der Waals surface area contributed by atoms with Crippen LogP contribution in [0.15, 0.2) is 18.5 Å². The van der Waals surface area contributed by atoms with Gasteiger partial charge in [0, 0.05) is 30.5 Å². The van der Waals surface area contributed by atoms with Crippen LogP contribution in [0.5, 0.6) is 0 Å². The van der Waals surface area contributed by atoms with Crippen LogP contribution in [0.25, 0.3) is 10.9 Å². The molecule has 0 N–H and O–H groups in total. The van der Waals surface area contributed by atoms with Gasteiger partial charge in [0.1, 0.15) is 0 Å². The molecule has 0 aliphatic rings. The average Bonchev–Trinajstić information content (AvgIpc) is 2.29. The largest absolute Gasteiger partial charge is 0.348 e. The van der Waals surface area contributed by atoms with E-state index in [0.29, 0.717) is 0 Å². The standard InChI is InChI=1S/C10H12N2/c1-7-5-11-6-9-4-8(2)12(3)10(7)9/h4-6H,1-3H3. The van der Waals surface area contributed by atoms with Gasteiger partial charge in [0.25, 0.3) is 0 Å². The van der Waals surface area contributed by atoms with Crippen LogP contribution in [0.2, 0.25) is 0 Å². The van der Waals surface area contributed by atoms with Crippen molar-refractivity contribution in [2.24, 2.45) is 7.05 Å². The van der Waals surface area contributed by atoms with E-state index >= 15 is 0 Å². The van der Waals surface area contributed by atoms with Crippen molar-refractivity contribution in [2.45, 2.75) is 13.8 Å². The zero-order valence-corrected chi connectivity index (χ0v) is 7.63. The molecule has 0 saturated carbocycles. The Morgan fingerprint density at radius 3 is 2.67 bits per heavy atom. The molecular weight excluding hydrogens is 148 g/mol. The van der Waals surface area contributed by atoms with Gasteiger partial charge in [-0.05, 0) is 25.5 Å². The van der Waals surface area contributed by atoms with Crippen molar-refractivity contribution < 1.29 is 0 Å². The fourth-order valence-corrected chi connectivity index (χ4v) is 1.64. The summed E-state index contributed by atoms with van der Waals surface area (Å²) in [5, 5.41) is 1.23. The van der Waals surface area contributed by atoms with Gasteiger partial charge < -0.3 is 4.57 Å². The first-order valence-electron chi connectivity index (χ1n) is 4.07. The highest BCUT2D eigenvalue weighted by atomic mass is 14.9. The summed E-state index contributed by atoms with van der Waals surface area (Å²) in [7, 11) is 2.09. The molecule has 2 heteroatoms. The molecule has 0 saturated heterocycles. The minimum Gasteiger partial charge on any atom is -0.348 e. The average molecular weight is 160 g/mol. The molecule has 2 aromatic heterocycles. The van der Waals surface area contributed by atoms with Crippen LogP contribution in [0, 0.1) is 13.8 Å². The smallest absolute Gasteiger partial charge is 0.0540 e. The van der Waals surface area contributed by atoms with E-state index in [1.54, 1.807) is 0 Å². The van der Waals surface area contributed by atoms with Crippen molar-refractivity contribution in [3.05, 3.63) is 29.7 Å². The Balaban J connectivity index is 2.97. The zero-order chi connectivity index (χ0) is 8.72. The predicted octanol–water partition coefficient (Wildman–Crippen LogP) is 2.19. The second kappa shape index (κ2) is 2.34. The van der Waals surface area contributed by atoms with Crippen molar-refractivity contribution in [1.29, 1.82) is 0 Å². The summed E-state index contributed by atoms with van der Waals surface area (Å²) < 4.78 is 2.20. The van der Waals surface area contributed by atoms with Crippen LogP contribution in [0.1, 0.15) is 11.3 Å². The molecule has 0 spiro atoms. The van der Waals surface area contributed by atoms with Crippen molar-refractivity contribution in [3.8, 4) is 0 Å². The number of nitrogens with zero attached hydrogens (tertiary/aromatic N) is 2. The van der Waals surface area contributed by atoms with E-state index in [0.717, 1.165) is 0 Å². The third kappa shape index (κ3) is 0.843. The number of hydrogen-bond donors (Lipinski definition) is 0. The third-order valence-corrected chi connectivity index (χ3v) is 2.36. The number of hydrogen-bond acceptors (Lipinski definition) is 1. The molecule has 0 aromatic carbocycles. The Labute approximate surface area is 71.8 Å². The molecule has 2 rings (SSSR count). The summed E-state index contributed by atoms with van der Waals surface area (Å²) in [5.74, 6) is 0. The molecule has 0 unspecified atom stereocenters. The van der Waals surface area contributed by atoms with Gasteiger partial charge in [-0.2, -0.15) is 0 Å². The molecule has 0 atom stereocenters. The van der Waals surface area contributed by atoms with E-state index in [-0.39, 0.29) is 0 Å². The Morgan fingerprint density at radius 1 is 1.25 bits per heavy atom. The summed E-state index contributed by atoms with van der Waals surface area (Å²) >= 11 is 0. The number of aromatic nitrogens is 2. The number of pyridine rings is 1. The molecule has 0 radical (unpaired) electrons. The first kappa shape index (κ1) is 7.35. The van der Waals surface area contributed by atoms with Crippen LogP contribution in [0.4, 0.5) is 0 Å². The van der Waals surface area contributed by atoms with E-state index in [9.17, 15) is 0 Å². The number of aryl methyl sites for hydroxylation is 3. The summed E-state index contributed by atoms with van der Waals surface area (Å²) in [5.41, 5.74) is 3.81. The van der Waals surface area contributed by atoms with Gasteiger partial charge in [0.05, 0.1) is 5.52 Å². The molecule has 62 valence electrons. The minimum absolute atomic E-state index is 1.23. The number of fused-ring (bicyclic) bond motifs is 1. The lowest BCUT2D eigenvalue weighted by molar-refractivity contribution is 0.913. The molecule has 0 amide bonds. The summed E-state index contributed by atoms with van der Waals surface area (Å²) in [6.07, 6.45) is 3.82. The lowest BCUT2D eigenvalue weighted by atomic mass is 10.2. The highest BCUT2D eigenvalue weighted by Crippen LogP contribution is 2.19. The van der Waals surface area contributed by atoms with E-state index < -0.39 is 0 Å². The molecule has 2 nitrogen and oxygen atoms in total. The van der Waals surface area contributed by atoms with E-state index in [1.807, 2.05) is 12.4 Å². The topological polar surface area (TPSA) is 17.8 Å². The second-order valence-corrected chi connectivity index (χ2v) is 3.24. The fourth-order valence-electron chi connectivity index (χ4n) is 1.64. The SMILES string of the molecule is Cc1cncc2cc(C)n(C)c12. The first-order valence-corrected chi connectivity index (χ1v) is 4.07. The Hall–Kier alpha value is -1.31. The fraction of sp³-hybridized carbons (Fsp3) is 0.300. The maximum absolute atomic E-state index is 4.15. The molecule has 0 fully saturated rings. The Bertz CT molecular complexity index is 427. The first-order chi connectivity index (χ1) is 5.70. The van der Waals surface area contributed by atoms with Crippen molar-refractivity contribution in [1.82, 2.24) is 9.55 Å². The predicted molar refractivity (Wildman–Crippen MR) is 50.2 cm³/mol. The highest BCUT2D eigenvalue weighted by Gasteiger charge is 2.03. The quantitative estimate of drug-likeness (QED) is 0.577. The zero-order valence-electron chi connectivity index (χ0n) is 7.63. The maximum atomic E-state index is 4.15. The van der Waals surface area contributed by atoms with Gasteiger partial charge in [-0.15, -0.1) is 0 Å². The normalized spacial score (nSPS) is 10.9. The van der Waals surface area contributed by atoms with Gasteiger partial charge >= 0.3 is 0 Å². The van der Waals surface area contributed by atoms with Gasteiger partial charge in [-0.3, -0.25) is 4.98 Å². The van der Waals surface area contributed by atoms with Gasteiger partial charge in [0.2, 0.25) is 0 Å². The third-order valence-electron chi connectivity index (χ3n) is 2.36. The lowest BCUT2D eigenvalue weighted by Crippen LogP contribution is -1.91. The van der Waals surface area contributed by atoms with Crippen LogP contribution in [-0.2, 0) is 7.05 Å². The van der Waals surface area contributed by atoms with E-state index in [1.165, 1.54) is 22.2 Å². The molecule has 0 aliphatic heterocycles. The van der Waals surface area contributed by atoms with Gasteiger partial charge in [-0.1, -0.05) is 0 Å². The monoisotopic (exact) mass is 160 g/mol. The number of rotatable bonds is 0. The molecule has 12 heavy (non-hydrogen) atoms. The van der Waals surface area contributed by atoms with Crippen LogP contribution < -0.4 is 0 Å². The van der Waals surface area contributed by atoms with E-state index in [2.05, 4.69) is 36.5 Å². The summed E-state index contributed by atoms with van der Waals surface area (Å²) in [4.78, 5) is 4.15. The Kier molecular flexibility index (Phi) is 1.43. The Morgan fingerprint density at radius 2 is 2.00 bits per heavy atom. The molecule has 0 bridgehead atoms. The van der Waals surface area contributed by atoms with Gasteiger partial charge in [-0.25, -0.2) is 0 Å². The van der Waals surface area contributed by atoms with Gasteiger partial charge in [0.15, 0.2) is 0 Å². The molecular formula is C10H12N2. The summed E-state index contributed by atoms with van der Waals surface area (Å²) in [6.45, 7) is 4.20. The van der Waals surface area contributed by atoms with Crippen LogP contribution in [-0.4, -0.2) is 9.55 Å². The second-order valence-electron chi connectivity index (χ2n) is 3.24. The molecule has 0 aliphatic carbocycles. The van der Waals surface area contributed by atoms with Crippen molar-refractivity contribution in [2.75, 3.05) is 0 Å².